The average Bonchev–Trinajstić information content (AvgIpc) is 3.49. The van der Waals surface area contributed by atoms with E-state index in [0.29, 0.717) is 53.3 Å². The Bertz CT molecular complexity index is 1550. The summed E-state index contributed by atoms with van der Waals surface area (Å²) in [5.74, 6) is 4.38. The van der Waals surface area contributed by atoms with Crippen LogP contribution in [0.1, 0.15) is 76.7 Å². The van der Waals surface area contributed by atoms with Crippen molar-refractivity contribution in [2.75, 3.05) is 31.6 Å². The lowest BCUT2D eigenvalue weighted by atomic mass is 9.99. The third kappa shape index (κ3) is 6.42. The molecular formula is C35H45N5O3Si. The number of nitrogens with one attached hydrogen (secondary N) is 1. The molecule has 232 valence electrons. The number of benzene rings is 1. The van der Waals surface area contributed by atoms with Gasteiger partial charge in [0.25, 0.3) is 0 Å². The molecule has 2 fully saturated rings. The summed E-state index contributed by atoms with van der Waals surface area (Å²) in [5, 5.41) is 3.54. The number of aldehydes is 1. The van der Waals surface area contributed by atoms with Gasteiger partial charge in [0.15, 0.2) is 12.1 Å². The highest BCUT2D eigenvalue weighted by Gasteiger charge is 2.41. The predicted octanol–water partition coefficient (Wildman–Crippen LogP) is 6.51. The Kier molecular flexibility index (Phi) is 9.81. The van der Waals surface area contributed by atoms with Gasteiger partial charge in [-0.2, -0.15) is 0 Å². The van der Waals surface area contributed by atoms with Crippen molar-refractivity contribution >= 4 is 37.1 Å². The highest BCUT2D eigenvalue weighted by atomic mass is 28.3. The van der Waals surface area contributed by atoms with E-state index in [1.165, 1.54) is 0 Å². The zero-order valence-electron chi connectivity index (χ0n) is 26.9. The maximum Gasteiger partial charge on any atom is 0.225 e. The van der Waals surface area contributed by atoms with Crippen LogP contribution in [0.4, 0.5) is 5.82 Å². The van der Waals surface area contributed by atoms with Gasteiger partial charge in [-0.25, -0.2) is 15.0 Å². The molecule has 0 saturated carbocycles. The van der Waals surface area contributed by atoms with Crippen LogP contribution < -0.4 is 5.32 Å². The summed E-state index contributed by atoms with van der Waals surface area (Å²) < 4.78 is 5.43. The molecule has 2 aliphatic rings. The second-order valence-corrected chi connectivity index (χ2v) is 18.7. The van der Waals surface area contributed by atoms with Crippen LogP contribution in [0.3, 0.4) is 0 Å². The number of pyridine rings is 1. The van der Waals surface area contributed by atoms with E-state index in [2.05, 4.69) is 68.3 Å². The van der Waals surface area contributed by atoms with Gasteiger partial charge in [-0.15, -0.1) is 5.54 Å². The Morgan fingerprint density at radius 2 is 1.75 bits per heavy atom. The predicted molar refractivity (Wildman–Crippen MR) is 178 cm³/mol. The Hall–Kier alpha value is -3.61. The highest BCUT2D eigenvalue weighted by Crippen LogP contribution is 2.41. The smallest absolute Gasteiger partial charge is 0.225 e. The average molecular weight is 612 g/mol. The molecule has 0 unspecified atom stereocenters. The van der Waals surface area contributed by atoms with E-state index in [1.54, 1.807) is 6.33 Å². The molecule has 5 rings (SSSR count). The Balaban J connectivity index is 1.38. The van der Waals surface area contributed by atoms with Crippen LogP contribution in [0.25, 0.3) is 22.3 Å². The zero-order chi connectivity index (χ0) is 31.4. The van der Waals surface area contributed by atoms with Crippen molar-refractivity contribution in [2.24, 2.45) is 5.92 Å². The van der Waals surface area contributed by atoms with Gasteiger partial charge in [0, 0.05) is 55.0 Å². The zero-order valence-corrected chi connectivity index (χ0v) is 27.9. The SMILES string of the molecule is CC(C)[Si](C#Cc1ccc(-c2ccc3ncnc(N[C@H]4CCN(C(=O)C5CCOCC5)C4)c3n2)cc1C=O)(C(C)C)C(C)C. The number of fused-ring (bicyclic) bond motifs is 1. The summed E-state index contributed by atoms with van der Waals surface area (Å²) in [6.07, 6.45) is 4.87. The molecule has 9 heteroatoms. The lowest BCUT2D eigenvalue weighted by Crippen LogP contribution is -2.43. The van der Waals surface area contributed by atoms with Crippen LogP contribution in [0.5, 0.6) is 0 Å². The molecular weight excluding hydrogens is 567 g/mol. The van der Waals surface area contributed by atoms with Gasteiger partial charge in [-0.3, -0.25) is 9.59 Å². The minimum atomic E-state index is -1.93. The third-order valence-corrected chi connectivity index (χ3v) is 15.9. The van der Waals surface area contributed by atoms with E-state index in [0.717, 1.165) is 54.4 Å². The van der Waals surface area contributed by atoms with Crippen molar-refractivity contribution in [3.8, 4) is 22.7 Å². The fraction of sp³-hybridized carbons (Fsp3) is 0.514. The number of carbonyl (C=O) groups excluding carboxylic acids is 2. The summed E-state index contributed by atoms with van der Waals surface area (Å²) in [6.45, 7) is 16.4. The van der Waals surface area contributed by atoms with Gasteiger partial charge in [-0.1, -0.05) is 53.5 Å². The van der Waals surface area contributed by atoms with Crippen LogP contribution in [0.2, 0.25) is 16.6 Å². The summed E-state index contributed by atoms with van der Waals surface area (Å²) >= 11 is 0. The van der Waals surface area contributed by atoms with E-state index < -0.39 is 8.07 Å². The van der Waals surface area contributed by atoms with Crippen LogP contribution in [-0.4, -0.2) is 72.5 Å². The van der Waals surface area contributed by atoms with Crippen molar-refractivity contribution in [1.29, 1.82) is 0 Å². The number of nitrogens with zero attached hydrogens (tertiary/aromatic N) is 4. The summed E-state index contributed by atoms with van der Waals surface area (Å²) in [7, 11) is -1.93. The second-order valence-electron chi connectivity index (χ2n) is 13.2. The first-order valence-corrected chi connectivity index (χ1v) is 18.2. The minimum Gasteiger partial charge on any atom is -0.381 e. The topological polar surface area (TPSA) is 97.3 Å². The van der Waals surface area contributed by atoms with Crippen molar-refractivity contribution in [1.82, 2.24) is 19.9 Å². The molecule has 8 nitrogen and oxygen atoms in total. The molecule has 44 heavy (non-hydrogen) atoms. The number of carbonyl (C=O) groups is 2. The minimum absolute atomic E-state index is 0.0606. The Morgan fingerprint density at radius 1 is 1.02 bits per heavy atom. The molecule has 1 N–H and O–H groups in total. The summed E-state index contributed by atoms with van der Waals surface area (Å²) in [6, 6.07) is 9.75. The number of ether oxygens (including phenoxy) is 1. The van der Waals surface area contributed by atoms with Crippen LogP contribution in [0.15, 0.2) is 36.7 Å². The summed E-state index contributed by atoms with van der Waals surface area (Å²) in [5.41, 5.74) is 9.57. The van der Waals surface area contributed by atoms with Crippen molar-refractivity contribution in [2.45, 2.75) is 83.5 Å². The van der Waals surface area contributed by atoms with Gasteiger partial charge in [-0.05, 0) is 60.2 Å². The maximum atomic E-state index is 13.0. The first kappa shape index (κ1) is 31.8. The lowest BCUT2D eigenvalue weighted by molar-refractivity contribution is -0.137. The molecule has 1 atom stereocenters. The van der Waals surface area contributed by atoms with E-state index in [4.69, 9.17) is 9.72 Å². The number of anilines is 1. The van der Waals surface area contributed by atoms with E-state index in [9.17, 15) is 9.59 Å². The molecule has 1 amide bonds. The third-order valence-electron chi connectivity index (χ3n) is 9.65. The highest BCUT2D eigenvalue weighted by molar-refractivity contribution is 6.90. The first-order chi connectivity index (χ1) is 21.1. The Morgan fingerprint density at radius 3 is 2.43 bits per heavy atom. The second kappa shape index (κ2) is 13.6. The molecule has 3 aromatic rings. The number of aromatic nitrogens is 3. The van der Waals surface area contributed by atoms with Crippen LogP contribution >= 0.6 is 0 Å². The molecule has 0 aliphatic carbocycles. The quantitative estimate of drug-likeness (QED) is 0.176. The maximum absolute atomic E-state index is 13.0. The normalized spacial score (nSPS) is 17.8. The van der Waals surface area contributed by atoms with Crippen molar-refractivity contribution in [3.05, 3.63) is 47.8 Å². The fourth-order valence-electron chi connectivity index (χ4n) is 7.22. The number of amides is 1. The Labute approximate surface area is 262 Å². The van der Waals surface area contributed by atoms with E-state index >= 15 is 0 Å². The molecule has 2 aliphatic heterocycles. The number of hydrogen-bond donors (Lipinski definition) is 1. The fourth-order valence-corrected chi connectivity index (χ4v) is 12.4. The van der Waals surface area contributed by atoms with Crippen LogP contribution in [-0.2, 0) is 9.53 Å². The molecule has 2 aromatic heterocycles. The standard InChI is InChI=1S/C35H45N5O3Si/c1-23(2)44(24(3)4,25(5)6)18-14-26-7-8-28(19-29(26)21-41)31-9-10-32-33(39-31)34(37-22-36-32)38-30-11-15-40(20-30)35(42)27-12-16-43-17-13-27/h7-10,19,21-25,27,30H,11-13,15-17,20H2,1-6H3,(H,36,37,38)/t30-/m0/s1. The van der Waals surface area contributed by atoms with E-state index in [1.807, 2.05) is 35.2 Å². The van der Waals surface area contributed by atoms with Gasteiger partial charge in [0.2, 0.25) is 5.91 Å². The monoisotopic (exact) mass is 611 g/mol. The van der Waals surface area contributed by atoms with Crippen molar-refractivity contribution < 1.29 is 14.3 Å². The number of rotatable bonds is 8. The van der Waals surface area contributed by atoms with Gasteiger partial charge < -0.3 is 15.0 Å². The molecule has 2 saturated heterocycles. The number of likely N-dealkylation sites (tertiary alicyclic amines) is 1. The van der Waals surface area contributed by atoms with E-state index in [-0.39, 0.29) is 17.9 Å². The van der Waals surface area contributed by atoms with Crippen molar-refractivity contribution in [3.63, 3.8) is 0 Å². The largest absolute Gasteiger partial charge is 0.381 e. The van der Waals surface area contributed by atoms with Crippen LogP contribution in [0, 0.1) is 17.4 Å². The molecule has 0 spiro atoms. The number of hydrogen-bond acceptors (Lipinski definition) is 7. The first-order valence-electron chi connectivity index (χ1n) is 16.0. The summed E-state index contributed by atoms with van der Waals surface area (Å²) in [4.78, 5) is 41.1. The van der Waals surface area contributed by atoms with Gasteiger partial charge in [0.1, 0.15) is 19.9 Å². The molecule has 4 heterocycles. The van der Waals surface area contributed by atoms with Gasteiger partial charge >= 0.3 is 0 Å². The molecule has 0 radical (unpaired) electrons. The molecule has 0 bridgehead atoms. The van der Waals surface area contributed by atoms with Gasteiger partial charge in [0.05, 0.1) is 11.2 Å². The molecule has 1 aromatic carbocycles. The lowest BCUT2D eigenvalue weighted by Gasteiger charge is -2.38.